The lowest BCUT2D eigenvalue weighted by Gasteiger charge is -2.23. The lowest BCUT2D eigenvalue weighted by Crippen LogP contribution is -2.28. The number of anilines is 1. The van der Waals surface area contributed by atoms with Crippen molar-refractivity contribution in [3.63, 3.8) is 0 Å². The van der Waals surface area contributed by atoms with Gasteiger partial charge in [-0.3, -0.25) is 9.59 Å². The molecule has 2 saturated carbocycles. The molecule has 1 atom stereocenters. The summed E-state index contributed by atoms with van der Waals surface area (Å²) in [6, 6.07) is 10.7. The van der Waals surface area contributed by atoms with E-state index in [4.69, 9.17) is 0 Å². The largest absolute Gasteiger partial charge is 0.352 e. The second-order valence-electron chi connectivity index (χ2n) is 9.26. The van der Waals surface area contributed by atoms with Crippen LogP contribution in [0.15, 0.2) is 30.3 Å². The van der Waals surface area contributed by atoms with Gasteiger partial charge in [0.15, 0.2) is 0 Å². The van der Waals surface area contributed by atoms with Gasteiger partial charge in [0.05, 0.1) is 5.56 Å². The highest BCUT2D eigenvalue weighted by atomic mass is 32.1. The maximum Gasteiger partial charge on any atom is 0.254 e. The van der Waals surface area contributed by atoms with Crippen molar-refractivity contribution in [1.82, 2.24) is 5.32 Å². The van der Waals surface area contributed by atoms with Crippen LogP contribution in [0.5, 0.6) is 0 Å². The predicted octanol–water partition coefficient (Wildman–Crippen LogP) is 4.97. The van der Waals surface area contributed by atoms with Gasteiger partial charge < -0.3 is 10.6 Å². The summed E-state index contributed by atoms with van der Waals surface area (Å²) < 4.78 is 0. The van der Waals surface area contributed by atoms with Crippen LogP contribution >= 0.6 is 11.3 Å². The summed E-state index contributed by atoms with van der Waals surface area (Å²) in [6.45, 7) is 0.761. The van der Waals surface area contributed by atoms with E-state index < -0.39 is 0 Å². The fraction of sp³-hybridized carbons (Fsp3) is 0.520. The monoisotopic (exact) mass is 422 g/mol. The minimum atomic E-state index is 0.00852. The van der Waals surface area contributed by atoms with E-state index in [1.54, 1.807) is 11.3 Å². The summed E-state index contributed by atoms with van der Waals surface area (Å²) in [4.78, 5) is 26.9. The van der Waals surface area contributed by atoms with Crippen LogP contribution in [-0.4, -0.2) is 18.4 Å². The molecule has 3 aliphatic rings. The SMILES string of the molecule is O=C(NCC1CC1)c1c(NC(=O)C2CC2)sc2c1CC(CCc1ccccc1)CC2. The lowest BCUT2D eigenvalue weighted by molar-refractivity contribution is -0.117. The zero-order chi connectivity index (χ0) is 20.5. The van der Waals surface area contributed by atoms with Crippen molar-refractivity contribution in [2.45, 2.75) is 57.8 Å². The number of thiophene rings is 1. The van der Waals surface area contributed by atoms with Gasteiger partial charge >= 0.3 is 0 Å². The maximum absolute atomic E-state index is 13.1. The minimum Gasteiger partial charge on any atom is -0.352 e. The summed E-state index contributed by atoms with van der Waals surface area (Å²) >= 11 is 1.64. The van der Waals surface area contributed by atoms with Crippen molar-refractivity contribution in [3.05, 3.63) is 51.9 Å². The Balaban J connectivity index is 1.33. The van der Waals surface area contributed by atoms with Crippen molar-refractivity contribution < 1.29 is 9.59 Å². The first-order valence-electron chi connectivity index (χ1n) is 11.4. The van der Waals surface area contributed by atoms with Gasteiger partial charge in [-0.05, 0) is 80.8 Å². The minimum absolute atomic E-state index is 0.00852. The third-order valence-electron chi connectivity index (χ3n) is 6.71. The van der Waals surface area contributed by atoms with Gasteiger partial charge in [-0.2, -0.15) is 0 Å². The average molecular weight is 423 g/mol. The number of fused-ring (bicyclic) bond motifs is 1. The molecule has 2 aromatic rings. The van der Waals surface area contributed by atoms with Gasteiger partial charge in [-0.25, -0.2) is 0 Å². The van der Waals surface area contributed by atoms with Gasteiger partial charge in [0.1, 0.15) is 5.00 Å². The zero-order valence-corrected chi connectivity index (χ0v) is 18.2. The van der Waals surface area contributed by atoms with E-state index in [-0.39, 0.29) is 17.7 Å². The van der Waals surface area contributed by atoms with E-state index in [1.165, 1.54) is 35.3 Å². The molecule has 2 N–H and O–H groups in total. The Kier molecular flexibility index (Phi) is 5.64. The molecule has 1 unspecified atom stereocenters. The molecule has 158 valence electrons. The van der Waals surface area contributed by atoms with Crippen LogP contribution in [0.1, 0.15) is 64.9 Å². The molecule has 1 aromatic carbocycles. The number of hydrogen-bond acceptors (Lipinski definition) is 3. The molecular weight excluding hydrogens is 392 g/mol. The van der Waals surface area contributed by atoms with Crippen LogP contribution in [0.25, 0.3) is 0 Å². The Hall–Kier alpha value is -2.14. The van der Waals surface area contributed by atoms with Crippen molar-refractivity contribution in [2.24, 2.45) is 17.8 Å². The Bertz CT molecular complexity index is 928. The molecule has 3 aliphatic carbocycles. The van der Waals surface area contributed by atoms with Crippen LogP contribution in [0.4, 0.5) is 5.00 Å². The van der Waals surface area contributed by atoms with E-state index >= 15 is 0 Å². The normalized spacial score (nSPS) is 20.5. The molecule has 4 nitrogen and oxygen atoms in total. The van der Waals surface area contributed by atoms with Gasteiger partial charge in [0.25, 0.3) is 5.91 Å². The summed E-state index contributed by atoms with van der Waals surface area (Å²) in [5, 5.41) is 7.04. The first-order valence-corrected chi connectivity index (χ1v) is 12.3. The molecule has 2 amide bonds. The topological polar surface area (TPSA) is 58.2 Å². The van der Waals surface area contributed by atoms with Gasteiger partial charge in [-0.1, -0.05) is 30.3 Å². The number of amides is 2. The van der Waals surface area contributed by atoms with Gasteiger partial charge in [-0.15, -0.1) is 11.3 Å². The average Bonchev–Trinajstić information content (AvgIpc) is 3.67. The second kappa shape index (κ2) is 8.54. The fourth-order valence-electron chi connectivity index (χ4n) is 4.45. The summed E-state index contributed by atoms with van der Waals surface area (Å²) in [6.07, 6.45) is 9.74. The van der Waals surface area contributed by atoms with E-state index in [1.807, 2.05) is 0 Å². The number of aryl methyl sites for hydroxylation is 2. The molecular formula is C25H30N2O2S. The van der Waals surface area contributed by atoms with Crippen LogP contribution in [0, 0.1) is 17.8 Å². The molecule has 5 rings (SSSR count). The van der Waals surface area contributed by atoms with Crippen molar-refractivity contribution in [2.75, 3.05) is 11.9 Å². The molecule has 0 aliphatic heterocycles. The van der Waals surface area contributed by atoms with Gasteiger partial charge in [0, 0.05) is 17.3 Å². The fourth-order valence-corrected chi connectivity index (χ4v) is 5.70. The predicted molar refractivity (Wildman–Crippen MR) is 121 cm³/mol. The number of carbonyl (C=O) groups excluding carboxylic acids is 2. The zero-order valence-electron chi connectivity index (χ0n) is 17.4. The molecule has 30 heavy (non-hydrogen) atoms. The number of benzene rings is 1. The second-order valence-corrected chi connectivity index (χ2v) is 10.4. The van der Waals surface area contributed by atoms with Crippen molar-refractivity contribution >= 4 is 28.2 Å². The van der Waals surface area contributed by atoms with E-state index in [0.717, 1.165) is 55.6 Å². The number of rotatable bonds is 8. The van der Waals surface area contributed by atoms with Crippen LogP contribution in [-0.2, 0) is 24.1 Å². The van der Waals surface area contributed by atoms with E-state index in [2.05, 4.69) is 41.0 Å². The third-order valence-corrected chi connectivity index (χ3v) is 7.91. The highest BCUT2D eigenvalue weighted by Gasteiger charge is 2.34. The smallest absolute Gasteiger partial charge is 0.254 e. The Morgan fingerprint density at radius 2 is 1.80 bits per heavy atom. The molecule has 5 heteroatoms. The van der Waals surface area contributed by atoms with Gasteiger partial charge in [0.2, 0.25) is 5.91 Å². The van der Waals surface area contributed by atoms with E-state index in [9.17, 15) is 9.59 Å². The molecule has 0 saturated heterocycles. The Labute approximate surface area is 182 Å². The first kappa shape index (κ1) is 19.8. The summed E-state index contributed by atoms with van der Waals surface area (Å²) in [7, 11) is 0. The molecule has 0 radical (unpaired) electrons. The van der Waals surface area contributed by atoms with E-state index in [0.29, 0.717) is 11.8 Å². The van der Waals surface area contributed by atoms with Crippen LogP contribution in [0.2, 0.25) is 0 Å². The molecule has 0 bridgehead atoms. The Morgan fingerprint density at radius 3 is 2.53 bits per heavy atom. The number of nitrogens with one attached hydrogen (secondary N) is 2. The molecule has 1 heterocycles. The van der Waals surface area contributed by atoms with Crippen molar-refractivity contribution in [1.29, 1.82) is 0 Å². The third kappa shape index (κ3) is 4.61. The molecule has 2 fully saturated rings. The Morgan fingerprint density at radius 1 is 1.00 bits per heavy atom. The number of carbonyl (C=O) groups is 2. The van der Waals surface area contributed by atoms with Crippen LogP contribution < -0.4 is 10.6 Å². The van der Waals surface area contributed by atoms with Crippen molar-refractivity contribution in [3.8, 4) is 0 Å². The highest BCUT2D eigenvalue weighted by Crippen LogP contribution is 2.42. The first-order chi connectivity index (χ1) is 14.7. The quantitative estimate of drug-likeness (QED) is 0.631. The number of hydrogen-bond donors (Lipinski definition) is 2. The summed E-state index contributed by atoms with van der Waals surface area (Å²) in [5.74, 6) is 1.48. The van der Waals surface area contributed by atoms with Crippen LogP contribution in [0.3, 0.4) is 0 Å². The highest BCUT2D eigenvalue weighted by molar-refractivity contribution is 7.17. The summed E-state index contributed by atoms with van der Waals surface area (Å²) in [5.41, 5.74) is 3.34. The molecule has 0 spiro atoms. The standard InChI is InChI=1S/C25H30N2O2S/c28-23(19-11-12-19)27-25-22(24(29)26-15-18-8-9-18)20-14-17(10-13-21(20)30-25)7-6-16-4-2-1-3-5-16/h1-5,17-19H,6-15H2,(H,26,29)(H,27,28). The maximum atomic E-state index is 13.1. The lowest BCUT2D eigenvalue weighted by atomic mass is 9.83. The molecule has 1 aromatic heterocycles.